The van der Waals surface area contributed by atoms with Crippen LogP contribution in [0.25, 0.3) is 0 Å². The van der Waals surface area contributed by atoms with Crippen molar-refractivity contribution in [1.29, 1.82) is 0 Å². The molecule has 1 fully saturated rings. The van der Waals surface area contributed by atoms with Crippen molar-refractivity contribution < 1.29 is 18.3 Å². The van der Waals surface area contributed by atoms with Crippen molar-refractivity contribution in [3.05, 3.63) is 65.7 Å². The lowest BCUT2D eigenvalue weighted by Crippen LogP contribution is -2.45. The molecule has 1 saturated carbocycles. The molecule has 3 rings (SSSR count). The predicted molar refractivity (Wildman–Crippen MR) is 108 cm³/mol. The summed E-state index contributed by atoms with van der Waals surface area (Å²) in [6.07, 6.45) is 2.46. The van der Waals surface area contributed by atoms with Gasteiger partial charge in [-0.3, -0.25) is 4.79 Å². The molecule has 1 amide bonds. The van der Waals surface area contributed by atoms with Crippen LogP contribution in [0.1, 0.15) is 42.1 Å². The summed E-state index contributed by atoms with van der Waals surface area (Å²) in [6.45, 7) is 2.00. The van der Waals surface area contributed by atoms with Crippen LogP contribution in [0.5, 0.6) is 0 Å². The highest BCUT2D eigenvalue weighted by molar-refractivity contribution is 7.89. The quantitative estimate of drug-likeness (QED) is 0.631. The first kappa shape index (κ1) is 20.5. The Bertz CT molecular complexity index is 905. The van der Waals surface area contributed by atoms with Gasteiger partial charge in [0.2, 0.25) is 10.0 Å². The van der Waals surface area contributed by atoms with E-state index in [0.29, 0.717) is 12.1 Å². The smallest absolute Gasteiger partial charge is 0.251 e. The van der Waals surface area contributed by atoms with Crippen LogP contribution in [0.3, 0.4) is 0 Å². The zero-order valence-electron chi connectivity index (χ0n) is 15.9. The first-order chi connectivity index (χ1) is 13.3. The van der Waals surface area contributed by atoms with E-state index in [0.717, 1.165) is 19.3 Å². The van der Waals surface area contributed by atoms with E-state index in [4.69, 9.17) is 0 Å². The standard InChI is InChI=1S/C21H26N2O4S/c1-16(24)14-23-28(26,27)19-10-8-17(9-11-19)20(25)22-15-21(12-5-13-21)18-6-3-2-4-7-18/h2-4,6-11,16,23-24H,5,12-15H2,1H3,(H,22,25). The number of sulfonamides is 1. The van der Waals surface area contributed by atoms with Gasteiger partial charge in [-0.1, -0.05) is 36.8 Å². The van der Waals surface area contributed by atoms with Gasteiger partial charge in [-0.2, -0.15) is 0 Å². The third kappa shape index (κ3) is 4.60. The number of carbonyl (C=O) groups excluding carboxylic acids is 1. The van der Waals surface area contributed by atoms with E-state index in [1.54, 1.807) is 0 Å². The molecular formula is C21H26N2O4S. The normalized spacial score (nSPS) is 16.8. The van der Waals surface area contributed by atoms with Crippen molar-refractivity contribution >= 4 is 15.9 Å². The van der Waals surface area contributed by atoms with Crippen molar-refractivity contribution in [2.45, 2.75) is 42.6 Å². The maximum absolute atomic E-state index is 12.5. The van der Waals surface area contributed by atoms with Crippen LogP contribution in [-0.4, -0.2) is 38.6 Å². The summed E-state index contributed by atoms with van der Waals surface area (Å²) in [5, 5.41) is 12.2. The van der Waals surface area contributed by atoms with Crippen LogP contribution in [0.4, 0.5) is 0 Å². The number of hydrogen-bond donors (Lipinski definition) is 3. The van der Waals surface area contributed by atoms with Gasteiger partial charge in [-0.05, 0) is 49.6 Å². The van der Waals surface area contributed by atoms with Crippen LogP contribution < -0.4 is 10.0 Å². The molecule has 1 aliphatic rings. The van der Waals surface area contributed by atoms with E-state index in [9.17, 15) is 18.3 Å². The maximum atomic E-state index is 12.5. The molecule has 0 heterocycles. The van der Waals surface area contributed by atoms with E-state index in [1.807, 2.05) is 18.2 Å². The number of amides is 1. The van der Waals surface area contributed by atoms with Crippen molar-refractivity contribution in [2.24, 2.45) is 0 Å². The van der Waals surface area contributed by atoms with Crippen molar-refractivity contribution in [1.82, 2.24) is 10.0 Å². The fourth-order valence-electron chi connectivity index (χ4n) is 3.41. The Labute approximate surface area is 166 Å². The average Bonchev–Trinajstić information content (AvgIpc) is 2.66. The van der Waals surface area contributed by atoms with Crippen molar-refractivity contribution in [2.75, 3.05) is 13.1 Å². The average molecular weight is 403 g/mol. The molecular weight excluding hydrogens is 376 g/mol. The van der Waals surface area contributed by atoms with Crippen LogP contribution >= 0.6 is 0 Å². The van der Waals surface area contributed by atoms with Gasteiger partial charge < -0.3 is 10.4 Å². The van der Waals surface area contributed by atoms with Crippen LogP contribution in [0.2, 0.25) is 0 Å². The fourth-order valence-corrected chi connectivity index (χ4v) is 4.54. The molecule has 1 unspecified atom stereocenters. The second-order valence-corrected chi connectivity index (χ2v) is 9.17. The molecule has 150 valence electrons. The number of nitrogens with one attached hydrogen (secondary N) is 2. The molecule has 6 nitrogen and oxygen atoms in total. The van der Waals surface area contributed by atoms with Gasteiger partial charge in [-0.15, -0.1) is 0 Å². The number of hydrogen-bond acceptors (Lipinski definition) is 4. The van der Waals surface area contributed by atoms with E-state index < -0.39 is 16.1 Å². The number of rotatable bonds is 8. The highest BCUT2D eigenvalue weighted by Crippen LogP contribution is 2.43. The van der Waals surface area contributed by atoms with Gasteiger partial charge in [0, 0.05) is 24.1 Å². The van der Waals surface area contributed by atoms with E-state index in [-0.39, 0.29) is 22.8 Å². The molecule has 0 aromatic heterocycles. The Kier molecular flexibility index (Phi) is 6.17. The minimum Gasteiger partial charge on any atom is -0.392 e. The molecule has 2 aromatic rings. The number of benzene rings is 2. The van der Waals surface area contributed by atoms with Crippen molar-refractivity contribution in [3.8, 4) is 0 Å². The molecule has 0 aliphatic heterocycles. The maximum Gasteiger partial charge on any atom is 0.251 e. The molecule has 0 saturated heterocycles. The summed E-state index contributed by atoms with van der Waals surface area (Å²) in [4.78, 5) is 12.6. The van der Waals surface area contributed by atoms with E-state index >= 15 is 0 Å². The minimum atomic E-state index is -3.71. The zero-order chi connectivity index (χ0) is 20.2. The van der Waals surface area contributed by atoms with Crippen LogP contribution in [-0.2, 0) is 15.4 Å². The Balaban J connectivity index is 1.64. The molecule has 1 aliphatic carbocycles. The van der Waals surface area contributed by atoms with Gasteiger partial charge in [-0.25, -0.2) is 13.1 Å². The summed E-state index contributed by atoms with van der Waals surface area (Å²) in [5.74, 6) is -0.219. The number of carbonyl (C=O) groups is 1. The lowest BCUT2D eigenvalue weighted by molar-refractivity contribution is 0.0927. The molecule has 7 heteroatoms. The topological polar surface area (TPSA) is 95.5 Å². The van der Waals surface area contributed by atoms with Crippen molar-refractivity contribution in [3.63, 3.8) is 0 Å². The SMILES string of the molecule is CC(O)CNS(=O)(=O)c1ccc(C(=O)NCC2(c3ccccc3)CCC2)cc1. The lowest BCUT2D eigenvalue weighted by Gasteiger charge is -2.42. The molecule has 0 radical (unpaired) electrons. The summed E-state index contributed by atoms with van der Waals surface area (Å²) in [5.41, 5.74) is 1.65. The summed E-state index contributed by atoms with van der Waals surface area (Å²) < 4.78 is 26.6. The molecule has 28 heavy (non-hydrogen) atoms. The molecule has 3 N–H and O–H groups in total. The third-order valence-corrected chi connectivity index (χ3v) is 6.72. The van der Waals surface area contributed by atoms with E-state index in [2.05, 4.69) is 22.2 Å². The second kappa shape index (κ2) is 8.43. The highest BCUT2D eigenvalue weighted by Gasteiger charge is 2.38. The Hall–Kier alpha value is -2.22. The second-order valence-electron chi connectivity index (χ2n) is 7.41. The first-order valence-electron chi connectivity index (χ1n) is 9.44. The zero-order valence-corrected chi connectivity index (χ0v) is 16.7. The van der Waals surface area contributed by atoms with E-state index in [1.165, 1.54) is 36.8 Å². The molecule has 0 bridgehead atoms. The monoisotopic (exact) mass is 402 g/mol. The number of aliphatic hydroxyl groups excluding tert-OH is 1. The van der Waals surface area contributed by atoms with Gasteiger partial charge >= 0.3 is 0 Å². The van der Waals surface area contributed by atoms with Gasteiger partial charge in [0.15, 0.2) is 0 Å². The van der Waals surface area contributed by atoms with Crippen LogP contribution in [0, 0.1) is 0 Å². The lowest BCUT2D eigenvalue weighted by atomic mass is 9.64. The number of aliphatic hydroxyl groups is 1. The van der Waals surface area contributed by atoms with Gasteiger partial charge in [0.1, 0.15) is 0 Å². The molecule has 0 spiro atoms. The van der Waals surface area contributed by atoms with Gasteiger partial charge in [0.25, 0.3) is 5.91 Å². The first-order valence-corrected chi connectivity index (χ1v) is 10.9. The highest BCUT2D eigenvalue weighted by atomic mass is 32.2. The summed E-state index contributed by atoms with van der Waals surface area (Å²) in [6, 6.07) is 16.0. The Morgan fingerprint density at radius 2 is 1.75 bits per heavy atom. The largest absolute Gasteiger partial charge is 0.392 e. The molecule has 2 aromatic carbocycles. The summed E-state index contributed by atoms with van der Waals surface area (Å²) >= 11 is 0. The minimum absolute atomic E-state index is 0.00882. The Morgan fingerprint density at radius 3 is 2.29 bits per heavy atom. The third-order valence-electron chi connectivity index (χ3n) is 5.28. The molecule has 1 atom stereocenters. The fraction of sp³-hybridized carbons (Fsp3) is 0.381. The summed E-state index contributed by atoms with van der Waals surface area (Å²) in [7, 11) is -3.71. The Morgan fingerprint density at radius 1 is 1.11 bits per heavy atom. The van der Waals surface area contributed by atoms with Crippen LogP contribution in [0.15, 0.2) is 59.5 Å². The predicted octanol–water partition coefficient (Wildman–Crippen LogP) is 2.20. The van der Waals surface area contributed by atoms with Gasteiger partial charge in [0.05, 0.1) is 11.0 Å².